The van der Waals surface area contributed by atoms with Crippen LogP contribution in [0.25, 0.3) is 0 Å². The minimum absolute atomic E-state index is 0.0129. The van der Waals surface area contributed by atoms with Crippen molar-refractivity contribution in [2.45, 2.75) is 18.9 Å². The zero-order valence-corrected chi connectivity index (χ0v) is 11.7. The second-order valence-corrected chi connectivity index (χ2v) is 5.60. The quantitative estimate of drug-likeness (QED) is 0.710. The summed E-state index contributed by atoms with van der Waals surface area (Å²) >= 11 is 1.25. The second-order valence-electron chi connectivity index (χ2n) is 4.62. The molecule has 1 aliphatic heterocycles. The Morgan fingerprint density at radius 3 is 2.89 bits per heavy atom. The Kier molecular flexibility index (Phi) is 3.89. The highest BCUT2D eigenvalue weighted by atomic mass is 32.1. The zero-order valence-electron chi connectivity index (χ0n) is 10.9. The number of nitrogens with two attached hydrogens (primary N) is 1. The topological polar surface area (TPSA) is 100 Å². The summed E-state index contributed by atoms with van der Waals surface area (Å²) in [6.45, 7) is 0.416. The van der Waals surface area contributed by atoms with Gasteiger partial charge in [0.05, 0.1) is 0 Å². The number of carbonyl (C=O) groups excluding carboxylic acids is 2. The van der Waals surface area contributed by atoms with Gasteiger partial charge in [0.1, 0.15) is 10.7 Å². The summed E-state index contributed by atoms with van der Waals surface area (Å²) in [5.41, 5.74) is 5.73. The van der Waals surface area contributed by atoms with Gasteiger partial charge in [0.25, 0.3) is 5.91 Å². The van der Waals surface area contributed by atoms with Crippen LogP contribution in [0.2, 0.25) is 0 Å². The lowest BCUT2D eigenvalue weighted by Gasteiger charge is -2.10. The SMILES string of the molecule is CN(C)c1nc(N)c(C(=O)NCC2CCC(=O)N2)s1. The number of carbonyl (C=O) groups is 2. The first-order valence-corrected chi connectivity index (χ1v) is 6.80. The van der Waals surface area contributed by atoms with Crippen LogP contribution in [0, 0.1) is 0 Å². The van der Waals surface area contributed by atoms with Crippen LogP contribution in [-0.4, -0.2) is 43.5 Å². The molecule has 19 heavy (non-hydrogen) atoms. The van der Waals surface area contributed by atoms with Crippen LogP contribution in [0.3, 0.4) is 0 Å². The lowest BCUT2D eigenvalue weighted by molar-refractivity contribution is -0.119. The first-order valence-electron chi connectivity index (χ1n) is 5.98. The highest BCUT2D eigenvalue weighted by Crippen LogP contribution is 2.26. The molecule has 1 aromatic rings. The molecule has 0 radical (unpaired) electrons. The molecule has 1 aliphatic rings. The fraction of sp³-hybridized carbons (Fsp3) is 0.545. The van der Waals surface area contributed by atoms with E-state index in [1.807, 2.05) is 14.1 Å². The van der Waals surface area contributed by atoms with Crippen LogP contribution >= 0.6 is 11.3 Å². The molecule has 8 heteroatoms. The second kappa shape index (κ2) is 5.43. The molecule has 7 nitrogen and oxygen atoms in total. The Balaban J connectivity index is 1.94. The van der Waals surface area contributed by atoms with Crippen LogP contribution in [-0.2, 0) is 4.79 Å². The molecule has 0 bridgehead atoms. The molecular weight excluding hydrogens is 266 g/mol. The lowest BCUT2D eigenvalue weighted by Crippen LogP contribution is -2.38. The molecular formula is C11H17N5O2S. The fourth-order valence-corrected chi connectivity index (χ4v) is 2.62. The molecule has 1 fully saturated rings. The third kappa shape index (κ3) is 3.14. The van der Waals surface area contributed by atoms with Crippen molar-refractivity contribution in [1.82, 2.24) is 15.6 Å². The fourth-order valence-electron chi connectivity index (χ4n) is 1.80. The first kappa shape index (κ1) is 13.6. The first-order chi connectivity index (χ1) is 8.97. The van der Waals surface area contributed by atoms with E-state index in [-0.39, 0.29) is 23.7 Å². The van der Waals surface area contributed by atoms with Gasteiger partial charge in [-0.1, -0.05) is 11.3 Å². The van der Waals surface area contributed by atoms with Crippen LogP contribution in [0.15, 0.2) is 0 Å². The molecule has 104 valence electrons. The van der Waals surface area contributed by atoms with Gasteiger partial charge < -0.3 is 21.3 Å². The summed E-state index contributed by atoms with van der Waals surface area (Å²) in [4.78, 5) is 29.4. The average Bonchev–Trinajstić information content (AvgIpc) is 2.92. The lowest BCUT2D eigenvalue weighted by atomic mass is 10.2. The van der Waals surface area contributed by atoms with Gasteiger partial charge >= 0.3 is 0 Å². The van der Waals surface area contributed by atoms with Crippen molar-refractivity contribution in [2.24, 2.45) is 0 Å². The number of aromatic nitrogens is 1. The summed E-state index contributed by atoms with van der Waals surface area (Å²) in [5.74, 6) is 0.0253. The number of nitrogen functional groups attached to an aromatic ring is 1. The normalized spacial score (nSPS) is 18.2. The van der Waals surface area contributed by atoms with Gasteiger partial charge in [-0.25, -0.2) is 4.98 Å². The molecule has 1 unspecified atom stereocenters. The molecule has 1 aromatic heterocycles. The van der Waals surface area contributed by atoms with Gasteiger partial charge in [-0.15, -0.1) is 0 Å². The molecule has 0 spiro atoms. The molecule has 2 heterocycles. The molecule has 4 N–H and O–H groups in total. The van der Waals surface area contributed by atoms with Crippen LogP contribution in [0.5, 0.6) is 0 Å². The minimum atomic E-state index is -0.246. The Labute approximate surface area is 115 Å². The summed E-state index contributed by atoms with van der Waals surface area (Å²) < 4.78 is 0. The predicted molar refractivity (Wildman–Crippen MR) is 74.4 cm³/mol. The Morgan fingerprint density at radius 2 is 2.37 bits per heavy atom. The van der Waals surface area contributed by atoms with Gasteiger partial charge in [-0.3, -0.25) is 9.59 Å². The third-order valence-electron chi connectivity index (χ3n) is 2.82. The summed E-state index contributed by atoms with van der Waals surface area (Å²) in [6.07, 6.45) is 1.27. The van der Waals surface area contributed by atoms with Crippen LogP contribution < -0.4 is 21.3 Å². The van der Waals surface area contributed by atoms with E-state index in [9.17, 15) is 9.59 Å². The minimum Gasteiger partial charge on any atom is -0.382 e. The van der Waals surface area contributed by atoms with E-state index in [4.69, 9.17) is 5.73 Å². The van der Waals surface area contributed by atoms with Crippen molar-refractivity contribution < 1.29 is 9.59 Å². The Hall–Kier alpha value is -1.83. The van der Waals surface area contributed by atoms with Crippen molar-refractivity contribution in [3.05, 3.63) is 4.88 Å². The highest BCUT2D eigenvalue weighted by Gasteiger charge is 2.22. The smallest absolute Gasteiger partial charge is 0.265 e. The maximum atomic E-state index is 12.0. The standard InChI is InChI=1S/C11H17N5O2S/c1-16(2)11-15-9(12)8(19-11)10(18)13-5-6-3-4-7(17)14-6/h6H,3-5,12H2,1-2H3,(H,13,18)(H,14,17). The number of nitrogens with zero attached hydrogens (tertiary/aromatic N) is 2. The highest BCUT2D eigenvalue weighted by molar-refractivity contribution is 7.18. The number of nitrogens with one attached hydrogen (secondary N) is 2. The van der Waals surface area contributed by atoms with Gasteiger partial charge in [0.15, 0.2) is 5.13 Å². The molecule has 0 aromatic carbocycles. The molecule has 2 rings (SSSR count). The third-order valence-corrected chi connectivity index (χ3v) is 4.06. The van der Waals surface area contributed by atoms with Gasteiger partial charge in [-0.05, 0) is 6.42 Å². The van der Waals surface area contributed by atoms with Crippen molar-refractivity contribution in [3.63, 3.8) is 0 Å². The van der Waals surface area contributed by atoms with E-state index in [0.717, 1.165) is 6.42 Å². The Morgan fingerprint density at radius 1 is 1.63 bits per heavy atom. The summed E-state index contributed by atoms with van der Waals surface area (Å²) in [5, 5.41) is 6.26. The number of thiazole rings is 1. The predicted octanol–water partition coefficient (Wildman–Crippen LogP) is -0.200. The van der Waals surface area contributed by atoms with Crippen molar-refractivity contribution in [3.8, 4) is 0 Å². The molecule has 1 saturated heterocycles. The molecule has 0 aliphatic carbocycles. The van der Waals surface area contributed by atoms with Crippen LogP contribution in [0.4, 0.5) is 10.9 Å². The summed E-state index contributed by atoms with van der Waals surface area (Å²) in [7, 11) is 3.68. The molecule has 0 saturated carbocycles. The van der Waals surface area contributed by atoms with Crippen molar-refractivity contribution in [2.75, 3.05) is 31.3 Å². The number of hydrogen-bond donors (Lipinski definition) is 3. The number of hydrogen-bond acceptors (Lipinski definition) is 6. The average molecular weight is 283 g/mol. The van der Waals surface area contributed by atoms with Gasteiger partial charge in [-0.2, -0.15) is 0 Å². The van der Waals surface area contributed by atoms with Gasteiger partial charge in [0, 0.05) is 33.1 Å². The van der Waals surface area contributed by atoms with E-state index < -0.39 is 0 Å². The number of rotatable bonds is 4. The van der Waals surface area contributed by atoms with Gasteiger partial charge in [0.2, 0.25) is 5.91 Å². The molecule has 1 atom stereocenters. The maximum absolute atomic E-state index is 12.0. The van der Waals surface area contributed by atoms with Crippen molar-refractivity contribution >= 4 is 34.1 Å². The summed E-state index contributed by atoms with van der Waals surface area (Å²) in [6, 6.07) is 0.0129. The monoisotopic (exact) mass is 283 g/mol. The van der Waals surface area contributed by atoms with E-state index in [1.165, 1.54) is 11.3 Å². The Bertz CT molecular complexity index is 499. The van der Waals surface area contributed by atoms with E-state index in [1.54, 1.807) is 4.90 Å². The molecule has 2 amide bonds. The maximum Gasteiger partial charge on any atom is 0.265 e. The van der Waals surface area contributed by atoms with Crippen LogP contribution in [0.1, 0.15) is 22.5 Å². The van der Waals surface area contributed by atoms with E-state index in [0.29, 0.717) is 23.0 Å². The largest absolute Gasteiger partial charge is 0.382 e. The van der Waals surface area contributed by atoms with E-state index >= 15 is 0 Å². The number of amides is 2. The number of anilines is 2. The van der Waals surface area contributed by atoms with Crippen molar-refractivity contribution in [1.29, 1.82) is 0 Å². The zero-order chi connectivity index (χ0) is 14.0. The van der Waals surface area contributed by atoms with E-state index in [2.05, 4.69) is 15.6 Å².